The van der Waals surface area contributed by atoms with Crippen molar-refractivity contribution in [3.63, 3.8) is 0 Å². The Kier molecular flexibility index (Phi) is 3.28. The van der Waals surface area contributed by atoms with Gasteiger partial charge in [0.2, 0.25) is 5.95 Å². The van der Waals surface area contributed by atoms with Crippen LogP contribution in [0.3, 0.4) is 0 Å². The number of aromatic nitrogens is 5. The standard InChI is InChI=1S/C14H16N6/c1-3-4-16-14-18-12(10-5-9(2)6-15-7-10)11-8-17-20-13(11)19-14/h5-8H,3-4H2,1-2H3,(H2,16,17,18,19,20). The molecule has 6 heteroatoms. The van der Waals surface area contributed by atoms with Gasteiger partial charge in [0, 0.05) is 24.5 Å². The molecule has 3 aromatic rings. The van der Waals surface area contributed by atoms with Crippen LogP contribution in [0.4, 0.5) is 5.95 Å². The largest absolute Gasteiger partial charge is 0.354 e. The highest BCUT2D eigenvalue weighted by molar-refractivity contribution is 5.90. The summed E-state index contributed by atoms with van der Waals surface area (Å²) in [7, 11) is 0. The van der Waals surface area contributed by atoms with Crippen molar-refractivity contribution in [1.29, 1.82) is 0 Å². The fourth-order valence-corrected chi connectivity index (χ4v) is 2.06. The van der Waals surface area contributed by atoms with Crippen molar-refractivity contribution in [3.8, 4) is 11.3 Å². The normalized spacial score (nSPS) is 10.9. The summed E-state index contributed by atoms with van der Waals surface area (Å²) in [6.45, 7) is 4.96. The second-order valence-corrected chi connectivity index (χ2v) is 4.71. The van der Waals surface area contributed by atoms with Gasteiger partial charge < -0.3 is 5.32 Å². The van der Waals surface area contributed by atoms with E-state index in [0.29, 0.717) is 5.95 Å². The Bertz CT molecular complexity index is 733. The fourth-order valence-electron chi connectivity index (χ4n) is 2.06. The lowest BCUT2D eigenvalue weighted by Crippen LogP contribution is -2.05. The van der Waals surface area contributed by atoms with Crippen LogP contribution < -0.4 is 5.32 Å². The molecule has 0 fully saturated rings. The first-order valence-corrected chi connectivity index (χ1v) is 6.65. The Morgan fingerprint density at radius 1 is 1.20 bits per heavy atom. The van der Waals surface area contributed by atoms with Crippen molar-refractivity contribution in [2.75, 3.05) is 11.9 Å². The highest BCUT2D eigenvalue weighted by Gasteiger charge is 2.11. The summed E-state index contributed by atoms with van der Waals surface area (Å²) < 4.78 is 0. The van der Waals surface area contributed by atoms with E-state index >= 15 is 0 Å². The molecule has 0 saturated heterocycles. The molecule has 20 heavy (non-hydrogen) atoms. The molecule has 0 aliphatic carbocycles. The number of pyridine rings is 1. The summed E-state index contributed by atoms with van der Waals surface area (Å²) >= 11 is 0. The van der Waals surface area contributed by atoms with Gasteiger partial charge in [-0.2, -0.15) is 10.1 Å². The van der Waals surface area contributed by atoms with Crippen LogP contribution in [0.25, 0.3) is 22.3 Å². The van der Waals surface area contributed by atoms with Crippen LogP contribution in [0.15, 0.2) is 24.7 Å². The fraction of sp³-hybridized carbons (Fsp3) is 0.286. The number of nitrogens with one attached hydrogen (secondary N) is 2. The van der Waals surface area contributed by atoms with Gasteiger partial charge in [-0.3, -0.25) is 10.1 Å². The second kappa shape index (κ2) is 5.24. The Morgan fingerprint density at radius 2 is 2.10 bits per heavy atom. The molecule has 0 unspecified atom stereocenters. The average molecular weight is 268 g/mol. The number of aromatic amines is 1. The Morgan fingerprint density at radius 3 is 2.90 bits per heavy atom. The molecule has 0 bridgehead atoms. The average Bonchev–Trinajstić information content (AvgIpc) is 2.92. The Hall–Kier alpha value is -2.50. The molecule has 102 valence electrons. The molecule has 3 heterocycles. The third-order valence-corrected chi connectivity index (χ3v) is 2.99. The highest BCUT2D eigenvalue weighted by atomic mass is 15.2. The van der Waals surface area contributed by atoms with Gasteiger partial charge in [-0.15, -0.1) is 0 Å². The van der Waals surface area contributed by atoms with E-state index in [1.165, 1.54) is 0 Å². The molecular formula is C14H16N6. The summed E-state index contributed by atoms with van der Waals surface area (Å²) in [5, 5.41) is 11.1. The van der Waals surface area contributed by atoms with Gasteiger partial charge in [-0.25, -0.2) is 4.98 Å². The molecule has 6 nitrogen and oxygen atoms in total. The van der Waals surface area contributed by atoms with Crippen molar-refractivity contribution >= 4 is 17.0 Å². The highest BCUT2D eigenvalue weighted by Crippen LogP contribution is 2.26. The monoisotopic (exact) mass is 268 g/mol. The third-order valence-electron chi connectivity index (χ3n) is 2.99. The van der Waals surface area contributed by atoms with Crippen molar-refractivity contribution in [2.45, 2.75) is 20.3 Å². The van der Waals surface area contributed by atoms with Crippen LogP contribution in [0, 0.1) is 6.92 Å². The number of nitrogens with zero attached hydrogens (tertiary/aromatic N) is 4. The smallest absolute Gasteiger partial charge is 0.225 e. The zero-order valence-electron chi connectivity index (χ0n) is 11.5. The minimum absolute atomic E-state index is 0.611. The van der Waals surface area contributed by atoms with E-state index in [0.717, 1.165) is 40.8 Å². The van der Waals surface area contributed by atoms with E-state index in [1.807, 2.05) is 19.3 Å². The van der Waals surface area contributed by atoms with Gasteiger partial charge in [0.15, 0.2) is 5.65 Å². The van der Waals surface area contributed by atoms with E-state index in [4.69, 9.17) is 0 Å². The minimum Gasteiger partial charge on any atom is -0.354 e. The van der Waals surface area contributed by atoms with E-state index < -0.39 is 0 Å². The lowest BCUT2D eigenvalue weighted by molar-refractivity contribution is 0.955. The van der Waals surface area contributed by atoms with Crippen LogP contribution in [0.2, 0.25) is 0 Å². The molecule has 0 saturated carbocycles. The minimum atomic E-state index is 0.611. The molecule has 0 aliphatic heterocycles. The number of hydrogen-bond donors (Lipinski definition) is 2. The van der Waals surface area contributed by atoms with Gasteiger partial charge >= 0.3 is 0 Å². The maximum atomic E-state index is 4.60. The van der Waals surface area contributed by atoms with Crippen LogP contribution in [-0.4, -0.2) is 31.7 Å². The maximum absolute atomic E-state index is 4.60. The third kappa shape index (κ3) is 2.32. The van der Waals surface area contributed by atoms with Crippen LogP contribution in [0.1, 0.15) is 18.9 Å². The maximum Gasteiger partial charge on any atom is 0.225 e. The Balaban J connectivity index is 2.14. The van der Waals surface area contributed by atoms with E-state index in [1.54, 1.807) is 6.20 Å². The zero-order valence-corrected chi connectivity index (χ0v) is 11.5. The number of hydrogen-bond acceptors (Lipinski definition) is 5. The lowest BCUT2D eigenvalue weighted by atomic mass is 10.1. The van der Waals surface area contributed by atoms with Crippen LogP contribution in [0.5, 0.6) is 0 Å². The summed E-state index contributed by atoms with van der Waals surface area (Å²) in [5.41, 5.74) is 3.65. The van der Waals surface area contributed by atoms with Crippen LogP contribution in [-0.2, 0) is 0 Å². The van der Waals surface area contributed by atoms with E-state index in [9.17, 15) is 0 Å². The predicted octanol–water partition coefficient (Wildman–Crippen LogP) is 2.55. The molecule has 3 aromatic heterocycles. The zero-order chi connectivity index (χ0) is 13.9. The lowest BCUT2D eigenvalue weighted by Gasteiger charge is -2.07. The molecule has 0 radical (unpaired) electrons. The molecule has 0 spiro atoms. The number of aryl methyl sites for hydroxylation is 1. The van der Waals surface area contributed by atoms with E-state index in [-0.39, 0.29) is 0 Å². The van der Waals surface area contributed by atoms with Crippen molar-refractivity contribution in [2.24, 2.45) is 0 Å². The van der Waals surface area contributed by atoms with Crippen molar-refractivity contribution in [3.05, 3.63) is 30.2 Å². The first kappa shape index (κ1) is 12.5. The number of H-pyrrole nitrogens is 1. The molecule has 3 rings (SSSR count). The van der Waals surface area contributed by atoms with Gasteiger partial charge in [0.05, 0.1) is 17.3 Å². The SMILES string of the molecule is CCCNc1nc(-c2cncc(C)c2)c2cn[nH]c2n1. The van der Waals surface area contributed by atoms with Crippen LogP contribution >= 0.6 is 0 Å². The van der Waals surface area contributed by atoms with Crippen molar-refractivity contribution < 1.29 is 0 Å². The quantitative estimate of drug-likeness (QED) is 0.760. The first-order valence-electron chi connectivity index (χ1n) is 6.65. The van der Waals surface area contributed by atoms with Gasteiger partial charge in [-0.1, -0.05) is 6.92 Å². The van der Waals surface area contributed by atoms with Gasteiger partial charge in [0.25, 0.3) is 0 Å². The van der Waals surface area contributed by atoms with Crippen molar-refractivity contribution in [1.82, 2.24) is 25.1 Å². The summed E-state index contributed by atoms with van der Waals surface area (Å²) in [4.78, 5) is 13.3. The molecule has 0 aliphatic rings. The predicted molar refractivity (Wildman–Crippen MR) is 78.4 cm³/mol. The summed E-state index contributed by atoms with van der Waals surface area (Å²) in [6, 6.07) is 2.06. The topological polar surface area (TPSA) is 79.4 Å². The number of fused-ring (bicyclic) bond motifs is 1. The summed E-state index contributed by atoms with van der Waals surface area (Å²) in [6.07, 6.45) is 6.40. The van der Waals surface area contributed by atoms with E-state index in [2.05, 4.69) is 43.5 Å². The second-order valence-electron chi connectivity index (χ2n) is 4.71. The van der Waals surface area contributed by atoms with Gasteiger partial charge in [-0.05, 0) is 25.0 Å². The molecule has 0 amide bonds. The summed E-state index contributed by atoms with van der Waals surface area (Å²) in [5.74, 6) is 0.611. The molecule has 0 atom stereocenters. The number of anilines is 1. The first-order chi connectivity index (χ1) is 9.78. The number of rotatable bonds is 4. The Labute approximate surface area is 116 Å². The molecular weight excluding hydrogens is 252 g/mol. The van der Waals surface area contributed by atoms with Gasteiger partial charge in [0.1, 0.15) is 0 Å². The molecule has 2 N–H and O–H groups in total. The molecule has 0 aromatic carbocycles.